The molecule has 0 radical (unpaired) electrons. The van der Waals surface area contributed by atoms with Gasteiger partial charge < -0.3 is 10.1 Å². The van der Waals surface area contributed by atoms with Crippen molar-refractivity contribution in [2.24, 2.45) is 0 Å². The lowest BCUT2D eigenvalue weighted by molar-refractivity contribution is -0.137. The fraction of sp³-hybridized carbons (Fsp3) is 0.300. The maximum absolute atomic E-state index is 12.7. The largest absolute Gasteiger partial charge is 0.484 e. The minimum atomic E-state index is -4.50. The van der Waals surface area contributed by atoms with Crippen LogP contribution in [0, 0.1) is 13.8 Å². The first-order valence-electron chi connectivity index (χ1n) is 9.32. The van der Waals surface area contributed by atoms with E-state index in [9.17, 15) is 22.8 Å². The zero-order valence-electron chi connectivity index (χ0n) is 16.8. The minimum Gasteiger partial charge on any atom is -0.484 e. The average molecular weight is 435 g/mol. The number of aryl methyl sites for hydroxylation is 2. The Kier molecular flexibility index (Phi) is 6.42. The van der Waals surface area contributed by atoms with Crippen molar-refractivity contribution in [3.05, 3.63) is 69.8 Å². The highest BCUT2D eigenvalue weighted by Gasteiger charge is 2.30. The Balaban J connectivity index is 1.54. The van der Waals surface area contributed by atoms with E-state index in [0.29, 0.717) is 5.82 Å². The SMILES string of the molecule is Cc1cc(C)n(-c2ccc(=O)n(CCNC(=O)COc3cccc(C(F)(F)F)c3)n2)n1. The van der Waals surface area contributed by atoms with E-state index in [-0.39, 0.29) is 24.4 Å². The average Bonchev–Trinajstić information content (AvgIpc) is 3.05. The molecule has 0 saturated carbocycles. The zero-order chi connectivity index (χ0) is 22.6. The Hall–Kier alpha value is -3.63. The van der Waals surface area contributed by atoms with Crippen LogP contribution in [0.3, 0.4) is 0 Å². The summed E-state index contributed by atoms with van der Waals surface area (Å²) >= 11 is 0. The number of carbonyl (C=O) groups is 1. The van der Waals surface area contributed by atoms with Crippen molar-refractivity contribution in [3.63, 3.8) is 0 Å². The summed E-state index contributed by atoms with van der Waals surface area (Å²) in [5.41, 5.74) is 0.457. The van der Waals surface area contributed by atoms with Crippen LogP contribution < -0.4 is 15.6 Å². The van der Waals surface area contributed by atoms with Gasteiger partial charge >= 0.3 is 6.18 Å². The molecular weight excluding hydrogens is 415 g/mol. The van der Waals surface area contributed by atoms with Crippen molar-refractivity contribution < 1.29 is 22.7 Å². The van der Waals surface area contributed by atoms with Gasteiger partial charge in [0.2, 0.25) is 0 Å². The maximum atomic E-state index is 12.7. The lowest BCUT2D eigenvalue weighted by Crippen LogP contribution is -2.34. The quantitative estimate of drug-likeness (QED) is 0.615. The molecule has 0 aliphatic rings. The summed E-state index contributed by atoms with van der Waals surface area (Å²) in [4.78, 5) is 24.0. The first kappa shape index (κ1) is 22.1. The molecule has 31 heavy (non-hydrogen) atoms. The predicted molar refractivity (Wildman–Crippen MR) is 105 cm³/mol. The van der Waals surface area contributed by atoms with Crippen LogP contribution >= 0.6 is 0 Å². The van der Waals surface area contributed by atoms with Crippen molar-refractivity contribution >= 4 is 5.91 Å². The highest BCUT2D eigenvalue weighted by Crippen LogP contribution is 2.31. The maximum Gasteiger partial charge on any atom is 0.416 e. The summed E-state index contributed by atoms with van der Waals surface area (Å²) in [6.45, 7) is 3.42. The monoisotopic (exact) mass is 435 g/mol. The summed E-state index contributed by atoms with van der Waals surface area (Å²) < 4.78 is 46.1. The zero-order valence-corrected chi connectivity index (χ0v) is 16.8. The summed E-state index contributed by atoms with van der Waals surface area (Å²) in [7, 11) is 0. The fourth-order valence-electron chi connectivity index (χ4n) is 2.84. The number of alkyl halides is 3. The lowest BCUT2D eigenvalue weighted by atomic mass is 10.2. The molecule has 0 aliphatic heterocycles. The third kappa shape index (κ3) is 5.71. The van der Waals surface area contributed by atoms with Gasteiger partial charge in [-0.25, -0.2) is 9.36 Å². The van der Waals surface area contributed by atoms with E-state index in [1.54, 1.807) is 10.7 Å². The Labute approximate surface area is 175 Å². The number of benzene rings is 1. The van der Waals surface area contributed by atoms with E-state index in [2.05, 4.69) is 15.5 Å². The normalized spacial score (nSPS) is 11.4. The van der Waals surface area contributed by atoms with Gasteiger partial charge in [-0.1, -0.05) is 6.07 Å². The van der Waals surface area contributed by atoms with Gasteiger partial charge in [-0.3, -0.25) is 9.59 Å². The van der Waals surface area contributed by atoms with Gasteiger partial charge in [0, 0.05) is 18.3 Å². The number of carbonyl (C=O) groups excluding carboxylic acids is 1. The van der Waals surface area contributed by atoms with Crippen molar-refractivity contribution in [2.75, 3.05) is 13.2 Å². The second-order valence-corrected chi connectivity index (χ2v) is 6.76. The summed E-state index contributed by atoms with van der Waals surface area (Å²) in [5, 5.41) is 11.1. The molecule has 0 fully saturated rings. The highest BCUT2D eigenvalue weighted by atomic mass is 19.4. The minimum absolute atomic E-state index is 0.0690. The molecule has 8 nitrogen and oxygen atoms in total. The number of halogens is 3. The molecule has 3 rings (SSSR count). The number of hydrogen-bond donors (Lipinski definition) is 1. The van der Waals surface area contributed by atoms with Crippen LogP contribution in [-0.4, -0.2) is 38.6 Å². The smallest absolute Gasteiger partial charge is 0.416 e. The van der Waals surface area contributed by atoms with E-state index in [4.69, 9.17) is 4.74 Å². The number of nitrogens with one attached hydrogen (secondary N) is 1. The Morgan fingerprint density at radius 1 is 1.13 bits per heavy atom. The molecule has 0 bridgehead atoms. The molecule has 0 unspecified atom stereocenters. The van der Waals surface area contributed by atoms with E-state index in [1.165, 1.54) is 22.9 Å². The molecule has 1 amide bonds. The van der Waals surface area contributed by atoms with E-state index < -0.39 is 24.3 Å². The van der Waals surface area contributed by atoms with Crippen molar-refractivity contribution in [3.8, 4) is 11.6 Å². The number of ether oxygens (including phenoxy) is 1. The number of rotatable bonds is 7. The molecule has 2 aromatic heterocycles. The van der Waals surface area contributed by atoms with Gasteiger partial charge in [-0.15, -0.1) is 5.10 Å². The molecule has 1 N–H and O–H groups in total. The molecule has 0 saturated heterocycles. The second kappa shape index (κ2) is 9.02. The fourth-order valence-corrected chi connectivity index (χ4v) is 2.84. The number of amides is 1. The summed E-state index contributed by atoms with van der Waals surface area (Å²) in [5.74, 6) is -0.148. The van der Waals surface area contributed by atoms with Crippen molar-refractivity contribution in [1.29, 1.82) is 0 Å². The topological polar surface area (TPSA) is 91.0 Å². The molecular formula is C20H20F3N5O3. The van der Waals surface area contributed by atoms with Gasteiger partial charge in [0.05, 0.1) is 17.8 Å². The molecule has 164 valence electrons. The van der Waals surface area contributed by atoms with E-state index >= 15 is 0 Å². The van der Waals surface area contributed by atoms with Crippen LogP contribution in [0.5, 0.6) is 5.75 Å². The van der Waals surface area contributed by atoms with Gasteiger partial charge in [0.15, 0.2) is 12.4 Å². The van der Waals surface area contributed by atoms with Gasteiger partial charge in [-0.2, -0.15) is 18.3 Å². The summed E-state index contributed by atoms with van der Waals surface area (Å²) in [6.07, 6.45) is -4.50. The van der Waals surface area contributed by atoms with Crippen LogP contribution in [-0.2, 0) is 17.5 Å². The van der Waals surface area contributed by atoms with E-state index in [1.807, 2.05) is 19.9 Å². The molecule has 0 atom stereocenters. The predicted octanol–water partition coefficient (Wildman–Crippen LogP) is 2.26. The van der Waals surface area contributed by atoms with Crippen LogP contribution in [0.4, 0.5) is 13.2 Å². The molecule has 2 heterocycles. The second-order valence-electron chi connectivity index (χ2n) is 6.76. The van der Waals surface area contributed by atoms with Crippen LogP contribution in [0.2, 0.25) is 0 Å². The lowest BCUT2D eigenvalue weighted by Gasteiger charge is -2.11. The van der Waals surface area contributed by atoms with Gasteiger partial charge in [-0.05, 0) is 44.2 Å². The Bertz CT molecular complexity index is 1140. The number of aromatic nitrogens is 4. The summed E-state index contributed by atoms with van der Waals surface area (Å²) in [6, 6.07) is 9.05. The Morgan fingerprint density at radius 2 is 1.90 bits per heavy atom. The molecule has 0 aliphatic carbocycles. The molecule has 11 heteroatoms. The first-order chi connectivity index (χ1) is 14.6. The van der Waals surface area contributed by atoms with Crippen LogP contribution in [0.1, 0.15) is 17.0 Å². The van der Waals surface area contributed by atoms with Crippen molar-refractivity contribution in [2.45, 2.75) is 26.6 Å². The number of nitrogens with zero attached hydrogens (tertiary/aromatic N) is 4. The van der Waals surface area contributed by atoms with Gasteiger partial charge in [0.1, 0.15) is 5.75 Å². The molecule has 1 aromatic carbocycles. The third-order valence-electron chi connectivity index (χ3n) is 4.26. The van der Waals surface area contributed by atoms with Gasteiger partial charge in [0.25, 0.3) is 11.5 Å². The van der Waals surface area contributed by atoms with E-state index in [0.717, 1.165) is 23.5 Å². The standard InChI is InChI=1S/C20H20F3N5O3/c1-13-10-14(2)28(25-13)17-6-7-19(30)27(26-17)9-8-24-18(29)12-31-16-5-3-4-15(11-16)20(21,22)23/h3-7,10-11H,8-9,12H2,1-2H3,(H,24,29). The Morgan fingerprint density at radius 3 is 2.58 bits per heavy atom. The molecule has 0 spiro atoms. The number of hydrogen-bond acceptors (Lipinski definition) is 5. The first-order valence-corrected chi connectivity index (χ1v) is 9.32. The van der Waals surface area contributed by atoms with Crippen LogP contribution in [0.15, 0.2) is 47.3 Å². The molecule has 3 aromatic rings. The van der Waals surface area contributed by atoms with Crippen molar-refractivity contribution in [1.82, 2.24) is 24.9 Å². The van der Waals surface area contributed by atoms with Crippen LogP contribution in [0.25, 0.3) is 5.82 Å². The third-order valence-corrected chi connectivity index (χ3v) is 4.26. The highest BCUT2D eigenvalue weighted by molar-refractivity contribution is 5.77.